The molecule has 0 atom stereocenters. The lowest BCUT2D eigenvalue weighted by Crippen LogP contribution is -2.26. The van der Waals surface area contributed by atoms with Gasteiger partial charge in [-0.25, -0.2) is 0 Å². The molecular formula is C20H16N2. The summed E-state index contributed by atoms with van der Waals surface area (Å²) in [6.07, 6.45) is 3.87. The van der Waals surface area contributed by atoms with Crippen molar-refractivity contribution in [2.75, 3.05) is 0 Å². The molecule has 2 aromatic carbocycles. The predicted octanol–water partition coefficient (Wildman–Crippen LogP) is 4.82. The van der Waals surface area contributed by atoms with Gasteiger partial charge in [-0.1, -0.05) is 50.2 Å². The van der Waals surface area contributed by atoms with Gasteiger partial charge in [0.2, 0.25) is 0 Å². The molecule has 0 spiro atoms. The van der Waals surface area contributed by atoms with E-state index in [4.69, 9.17) is 0 Å². The quantitative estimate of drug-likeness (QED) is 0.453. The van der Waals surface area contributed by atoms with Crippen molar-refractivity contribution in [3.63, 3.8) is 0 Å². The van der Waals surface area contributed by atoms with Gasteiger partial charge in [0, 0.05) is 28.6 Å². The summed E-state index contributed by atoms with van der Waals surface area (Å²) in [6.45, 7) is 4.64. The highest BCUT2D eigenvalue weighted by molar-refractivity contribution is 6.11. The third-order valence-corrected chi connectivity index (χ3v) is 5.08. The van der Waals surface area contributed by atoms with Crippen LogP contribution in [0.4, 0.5) is 0 Å². The number of hydrogen-bond acceptors (Lipinski definition) is 1. The number of fused-ring (bicyclic) bond motifs is 5. The summed E-state index contributed by atoms with van der Waals surface area (Å²) in [5, 5.41) is 2.52. The van der Waals surface area contributed by atoms with Crippen LogP contribution in [0, 0.1) is 0 Å². The molecule has 0 fully saturated rings. The second kappa shape index (κ2) is 3.77. The molecule has 0 saturated heterocycles. The first-order chi connectivity index (χ1) is 10.7. The van der Waals surface area contributed by atoms with Crippen molar-refractivity contribution in [2.24, 2.45) is 0 Å². The largest absolute Gasteiger partial charge is 0.309 e. The van der Waals surface area contributed by atoms with Gasteiger partial charge in [0.1, 0.15) is 0 Å². The maximum atomic E-state index is 4.34. The minimum Gasteiger partial charge on any atom is -0.309 e. The SMILES string of the molecule is CC1(C)c2ccccc2-n2c3ccncc3c3cccc1c32. The van der Waals surface area contributed by atoms with Crippen molar-refractivity contribution < 1.29 is 0 Å². The second-order valence-electron chi connectivity index (χ2n) is 6.57. The van der Waals surface area contributed by atoms with Gasteiger partial charge in [0.25, 0.3) is 0 Å². The van der Waals surface area contributed by atoms with Crippen molar-refractivity contribution in [1.82, 2.24) is 9.55 Å². The van der Waals surface area contributed by atoms with Gasteiger partial charge in [-0.2, -0.15) is 0 Å². The molecule has 0 N–H and O–H groups in total. The highest BCUT2D eigenvalue weighted by Crippen LogP contribution is 2.46. The number of para-hydroxylation sites is 2. The lowest BCUT2D eigenvalue weighted by molar-refractivity contribution is 0.630. The lowest BCUT2D eigenvalue weighted by Gasteiger charge is -2.34. The molecule has 3 heterocycles. The number of hydrogen-bond donors (Lipinski definition) is 0. The molecule has 0 radical (unpaired) electrons. The number of rotatable bonds is 0. The van der Waals surface area contributed by atoms with E-state index in [0.29, 0.717) is 0 Å². The Bertz CT molecular complexity index is 1050. The molecule has 0 amide bonds. The summed E-state index contributed by atoms with van der Waals surface area (Å²) in [7, 11) is 0. The molecule has 0 aliphatic carbocycles. The zero-order chi connectivity index (χ0) is 14.9. The van der Waals surface area contributed by atoms with Crippen LogP contribution in [0.2, 0.25) is 0 Å². The van der Waals surface area contributed by atoms with Crippen LogP contribution in [-0.4, -0.2) is 9.55 Å². The standard InChI is InChI=1S/C20H16N2/c1-20(2)15-7-3-4-9-18(15)22-17-10-11-21-12-14(17)13-6-5-8-16(20)19(13)22/h3-12H,1-2H3. The van der Waals surface area contributed by atoms with Gasteiger partial charge >= 0.3 is 0 Å². The number of benzene rings is 2. The first kappa shape index (κ1) is 12.0. The molecule has 106 valence electrons. The smallest absolute Gasteiger partial charge is 0.0582 e. The molecule has 0 unspecified atom stereocenters. The number of aromatic nitrogens is 2. The van der Waals surface area contributed by atoms with Gasteiger partial charge in [0.15, 0.2) is 0 Å². The van der Waals surface area contributed by atoms with Crippen molar-refractivity contribution >= 4 is 21.8 Å². The summed E-state index contributed by atoms with van der Waals surface area (Å²) in [4.78, 5) is 4.34. The van der Waals surface area contributed by atoms with Crippen molar-refractivity contribution in [1.29, 1.82) is 0 Å². The molecule has 5 rings (SSSR count). The topological polar surface area (TPSA) is 17.8 Å². The van der Waals surface area contributed by atoms with Crippen LogP contribution < -0.4 is 0 Å². The third kappa shape index (κ3) is 1.24. The fraction of sp³-hybridized carbons (Fsp3) is 0.150. The first-order valence-corrected chi connectivity index (χ1v) is 7.67. The minimum atomic E-state index is 0.00785. The molecule has 2 nitrogen and oxygen atoms in total. The normalized spacial score (nSPS) is 15.2. The van der Waals surface area contributed by atoms with Gasteiger partial charge in [0.05, 0.1) is 16.7 Å². The Morgan fingerprint density at radius 2 is 1.68 bits per heavy atom. The van der Waals surface area contributed by atoms with E-state index < -0.39 is 0 Å². The molecule has 1 aliphatic heterocycles. The van der Waals surface area contributed by atoms with E-state index in [1.54, 1.807) is 0 Å². The Labute approximate surface area is 129 Å². The molecule has 2 aromatic heterocycles. The van der Waals surface area contributed by atoms with E-state index in [1.807, 2.05) is 12.4 Å². The highest BCUT2D eigenvalue weighted by atomic mass is 15.0. The van der Waals surface area contributed by atoms with E-state index in [1.165, 1.54) is 38.6 Å². The van der Waals surface area contributed by atoms with Gasteiger partial charge in [-0.15, -0.1) is 0 Å². The number of pyridine rings is 1. The van der Waals surface area contributed by atoms with Gasteiger partial charge < -0.3 is 4.57 Å². The maximum Gasteiger partial charge on any atom is 0.0582 e. The summed E-state index contributed by atoms with van der Waals surface area (Å²) < 4.78 is 2.41. The summed E-state index contributed by atoms with van der Waals surface area (Å²) >= 11 is 0. The first-order valence-electron chi connectivity index (χ1n) is 7.67. The van der Waals surface area contributed by atoms with E-state index in [-0.39, 0.29) is 5.41 Å². The molecule has 0 saturated carbocycles. The van der Waals surface area contributed by atoms with Gasteiger partial charge in [-0.05, 0) is 23.3 Å². The van der Waals surface area contributed by atoms with Crippen LogP contribution in [0.5, 0.6) is 0 Å². The highest BCUT2D eigenvalue weighted by Gasteiger charge is 2.34. The van der Waals surface area contributed by atoms with Crippen molar-refractivity contribution in [3.8, 4) is 5.69 Å². The van der Waals surface area contributed by atoms with Crippen LogP contribution in [0.15, 0.2) is 60.9 Å². The molecule has 4 aromatic rings. The van der Waals surface area contributed by atoms with Crippen LogP contribution in [0.3, 0.4) is 0 Å². The van der Waals surface area contributed by atoms with Gasteiger partial charge in [-0.3, -0.25) is 4.98 Å². The maximum absolute atomic E-state index is 4.34. The van der Waals surface area contributed by atoms with Crippen LogP contribution in [-0.2, 0) is 5.41 Å². The fourth-order valence-corrected chi connectivity index (χ4v) is 4.01. The Kier molecular flexibility index (Phi) is 2.06. The summed E-state index contributed by atoms with van der Waals surface area (Å²) in [5.41, 5.74) is 6.63. The molecule has 0 bridgehead atoms. The predicted molar refractivity (Wildman–Crippen MR) is 90.7 cm³/mol. The molecule has 22 heavy (non-hydrogen) atoms. The Morgan fingerprint density at radius 3 is 2.59 bits per heavy atom. The average Bonchev–Trinajstić information content (AvgIpc) is 2.88. The van der Waals surface area contributed by atoms with E-state index in [9.17, 15) is 0 Å². The fourth-order valence-electron chi connectivity index (χ4n) is 4.01. The summed E-state index contributed by atoms with van der Waals surface area (Å²) in [5.74, 6) is 0. The van der Waals surface area contributed by atoms with Crippen LogP contribution >= 0.6 is 0 Å². The van der Waals surface area contributed by atoms with Crippen molar-refractivity contribution in [3.05, 3.63) is 72.1 Å². The minimum absolute atomic E-state index is 0.00785. The Hall–Kier alpha value is -2.61. The zero-order valence-electron chi connectivity index (χ0n) is 12.7. The van der Waals surface area contributed by atoms with E-state index in [0.717, 1.165) is 0 Å². The Morgan fingerprint density at radius 1 is 0.864 bits per heavy atom. The van der Waals surface area contributed by atoms with Crippen molar-refractivity contribution in [2.45, 2.75) is 19.3 Å². The molecule has 1 aliphatic rings. The summed E-state index contributed by atoms with van der Waals surface area (Å²) in [6, 6.07) is 17.5. The average molecular weight is 284 g/mol. The number of nitrogens with zero attached hydrogens (tertiary/aromatic N) is 2. The molecular weight excluding hydrogens is 268 g/mol. The Balaban J connectivity index is 2.15. The molecule has 2 heteroatoms. The van der Waals surface area contributed by atoms with Crippen LogP contribution in [0.25, 0.3) is 27.5 Å². The van der Waals surface area contributed by atoms with E-state index >= 15 is 0 Å². The second-order valence-corrected chi connectivity index (χ2v) is 6.57. The lowest BCUT2D eigenvalue weighted by atomic mass is 9.75. The van der Waals surface area contributed by atoms with E-state index in [2.05, 4.69) is 71.9 Å². The van der Waals surface area contributed by atoms with Crippen LogP contribution in [0.1, 0.15) is 25.0 Å². The monoisotopic (exact) mass is 284 g/mol. The zero-order valence-corrected chi connectivity index (χ0v) is 12.7. The third-order valence-electron chi connectivity index (χ3n) is 5.08.